The molecule has 0 bridgehead atoms. The maximum atomic E-state index is 11.8. The van der Waals surface area contributed by atoms with Crippen molar-refractivity contribution in [3.63, 3.8) is 0 Å². The van der Waals surface area contributed by atoms with Crippen LogP contribution in [0.2, 0.25) is 0 Å². The Hall–Kier alpha value is -1.75. The molecule has 4 N–H and O–H groups in total. The van der Waals surface area contributed by atoms with Crippen LogP contribution in [-0.2, 0) is 4.74 Å². The molecule has 0 radical (unpaired) electrons. The minimum absolute atomic E-state index is 0.419. The van der Waals surface area contributed by atoms with Gasteiger partial charge in [-0.2, -0.15) is 0 Å². The van der Waals surface area contributed by atoms with Crippen LogP contribution in [0, 0.1) is 11.8 Å². The lowest BCUT2D eigenvalue weighted by atomic mass is 9.96. The van der Waals surface area contributed by atoms with Crippen molar-refractivity contribution >= 4 is 17.5 Å². The van der Waals surface area contributed by atoms with Gasteiger partial charge in [0.1, 0.15) is 5.60 Å². The molecule has 0 aliphatic rings. The standard InChI is InChI=1S/C17H29N3O2/c1-12(2)13(10-18)11-19-14-7-6-8-15(9-14)20-16(21)22-17(3,4)5/h6-9,12-13,19H,10-11,18H2,1-5H3,(H,20,21). The Morgan fingerprint density at radius 1 is 1.27 bits per heavy atom. The summed E-state index contributed by atoms with van der Waals surface area (Å²) in [6.07, 6.45) is -0.452. The van der Waals surface area contributed by atoms with Gasteiger partial charge in [-0.1, -0.05) is 19.9 Å². The van der Waals surface area contributed by atoms with Gasteiger partial charge in [0.05, 0.1) is 0 Å². The minimum Gasteiger partial charge on any atom is -0.444 e. The van der Waals surface area contributed by atoms with Gasteiger partial charge in [0.25, 0.3) is 0 Å². The molecule has 1 aromatic carbocycles. The second-order valence-electron chi connectivity index (χ2n) is 6.83. The predicted molar refractivity (Wildman–Crippen MR) is 92.2 cm³/mol. The van der Waals surface area contributed by atoms with Crippen LogP contribution in [0.1, 0.15) is 34.6 Å². The third-order valence-electron chi connectivity index (χ3n) is 3.32. The summed E-state index contributed by atoms with van der Waals surface area (Å²) in [6.45, 7) is 11.3. The maximum absolute atomic E-state index is 11.8. The Morgan fingerprint density at radius 3 is 2.45 bits per heavy atom. The summed E-state index contributed by atoms with van der Waals surface area (Å²) in [5.41, 5.74) is 6.92. The highest BCUT2D eigenvalue weighted by molar-refractivity contribution is 5.85. The highest BCUT2D eigenvalue weighted by atomic mass is 16.6. The van der Waals surface area contributed by atoms with Crippen molar-refractivity contribution in [3.8, 4) is 0 Å². The van der Waals surface area contributed by atoms with Gasteiger partial charge in [0, 0.05) is 17.9 Å². The first-order valence-corrected chi connectivity index (χ1v) is 7.75. The number of hydrogen-bond donors (Lipinski definition) is 3. The molecular weight excluding hydrogens is 278 g/mol. The molecule has 0 heterocycles. The highest BCUT2D eigenvalue weighted by Crippen LogP contribution is 2.18. The van der Waals surface area contributed by atoms with E-state index in [0.717, 1.165) is 12.2 Å². The number of amides is 1. The van der Waals surface area contributed by atoms with E-state index in [2.05, 4.69) is 24.5 Å². The summed E-state index contributed by atoms with van der Waals surface area (Å²) in [6, 6.07) is 7.58. The molecule has 124 valence electrons. The first kappa shape index (κ1) is 18.3. The fraction of sp³-hybridized carbons (Fsp3) is 0.588. The predicted octanol–water partition coefficient (Wildman–Crippen LogP) is 3.68. The van der Waals surface area contributed by atoms with Gasteiger partial charge in [-0.15, -0.1) is 0 Å². The average molecular weight is 307 g/mol. The maximum Gasteiger partial charge on any atom is 0.412 e. The SMILES string of the molecule is CC(C)C(CN)CNc1cccc(NC(=O)OC(C)(C)C)c1. The molecule has 1 unspecified atom stereocenters. The Bertz CT molecular complexity index is 481. The molecule has 1 rings (SSSR count). The van der Waals surface area contributed by atoms with E-state index in [-0.39, 0.29) is 0 Å². The third kappa shape index (κ3) is 6.80. The lowest BCUT2D eigenvalue weighted by Gasteiger charge is -2.21. The van der Waals surface area contributed by atoms with Crippen LogP contribution in [0.25, 0.3) is 0 Å². The fourth-order valence-corrected chi connectivity index (χ4v) is 1.97. The summed E-state index contributed by atoms with van der Waals surface area (Å²) in [5, 5.41) is 6.10. The molecule has 1 atom stereocenters. The smallest absolute Gasteiger partial charge is 0.412 e. The van der Waals surface area contributed by atoms with Gasteiger partial charge >= 0.3 is 6.09 Å². The Kier molecular flexibility index (Phi) is 6.68. The third-order valence-corrected chi connectivity index (χ3v) is 3.32. The Labute approximate surface area is 133 Å². The van der Waals surface area contributed by atoms with Gasteiger partial charge in [-0.05, 0) is 57.4 Å². The quantitative estimate of drug-likeness (QED) is 0.749. The summed E-state index contributed by atoms with van der Waals surface area (Å²) < 4.78 is 5.24. The van der Waals surface area contributed by atoms with Crippen molar-refractivity contribution in [2.24, 2.45) is 17.6 Å². The van der Waals surface area contributed by atoms with Gasteiger partial charge in [-0.3, -0.25) is 5.32 Å². The summed E-state index contributed by atoms with van der Waals surface area (Å²) in [5.74, 6) is 0.947. The number of anilines is 2. The summed E-state index contributed by atoms with van der Waals surface area (Å²) >= 11 is 0. The number of carbonyl (C=O) groups excluding carboxylic acids is 1. The number of rotatable bonds is 6. The van der Waals surface area contributed by atoms with E-state index in [1.54, 1.807) is 0 Å². The number of nitrogens with one attached hydrogen (secondary N) is 2. The van der Waals surface area contributed by atoms with Gasteiger partial charge in [-0.25, -0.2) is 4.79 Å². The van der Waals surface area contributed by atoms with Gasteiger partial charge in [0.15, 0.2) is 0 Å². The molecule has 0 aliphatic carbocycles. The van der Waals surface area contributed by atoms with Crippen LogP contribution >= 0.6 is 0 Å². The fourth-order valence-electron chi connectivity index (χ4n) is 1.97. The summed E-state index contributed by atoms with van der Waals surface area (Å²) in [4.78, 5) is 11.8. The first-order chi connectivity index (χ1) is 10.2. The van der Waals surface area contributed by atoms with Crippen LogP contribution in [0.3, 0.4) is 0 Å². The van der Waals surface area contributed by atoms with Crippen LogP contribution < -0.4 is 16.4 Å². The molecule has 0 fully saturated rings. The number of benzene rings is 1. The molecule has 0 spiro atoms. The Morgan fingerprint density at radius 2 is 1.91 bits per heavy atom. The second-order valence-corrected chi connectivity index (χ2v) is 6.83. The number of hydrogen-bond acceptors (Lipinski definition) is 4. The second kappa shape index (κ2) is 8.03. The lowest BCUT2D eigenvalue weighted by molar-refractivity contribution is 0.0636. The lowest BCUT2D eigenvalue weighted by Crippen LogP contribution is -2.27. The number of carbonyl (C=O) groups is 1. The van der Waals surface area contributed by atoms with Gasteiger partial charge in [0.2, 0.25) is 0 Å². The molecule has 0 saturated carbocycles. The normalized spacial score (nSPS) is 12.9. The van der Waals surface area contributed by atoms with Crippen molar-refractivity contribution in [1.82, 2.24) is 0 Å². The van der Waals surface area contributed by atoms with E-state index in [0.29, 0.717) is 24.1 Å². The van der Waals surface area contributed by atoms with Crippen molar-refractivity contribution in [2.75, 3.05) is 23.7 Å². The van der Waals surface area contributed by atoms with E-state index in [4.69, 9.17) is 10.5 Å². The first-order valence-electron chi connectivity index (χ1n) is 7.75. The number of ether oxygens (including phenoxy) is 1. The Balaban J connectivity index is 2.60. The molecule has 5 heteroatoms. The van der Waals surface area contributed by atoms with Gasteiger partial charge < -0.3 is 15.8 Å². The zero-order chi connectivity index (χ0) is 16.8. The molecule has 1 amide bonds. The molecule has 0 aromatic heterocycles. The average Bonchev–Trinajstić information content (AvgIpc) is 2.37. The molecular formula is C17H29N3O2. The van der Waals surface area contributed by atoms with E-state index < -0.39 is 11.7 Å². The minimum atomic E-state index is -0.508. The largest absolute Gasteiger partial charge is 0.444 e. The van der Waals surface area contributed by atoms with Crippen LogP contribution in [0.5, 0.6) is 0 Å². The van der Waals surface area contributed by atoms with Crippen molar-refractivity contribution in [3.05, 3.63) is 24.3 Å². The topological polar surface area (TPSA) is 76.4 Å². The monoisotopic (exact) mass is 307 g/mol. The van der Waals surface area contributed by atoms with Crippen molar-refractivity contribution < 1.29 is 9.53 Å². The molecule has 0 saturated heterocycles. The molecule has 22 heavy (non-hydrogen) atoms. The number of nitrogens with two attached hydrogens (primary N) is 1. The molecule has 1 aromatic rings. The van der Waals surface area contributed by atoms with Crippen LogP contribution in [0.4, 0.5) is 16.2 Å². The molecule has 0 aliphatic heterocycles. The van der Waals surface area contributed by atoms with E-state index in [1.807, 2.05) is 45.0 Å². The van der Waals surface area contributed by atoms with Crippen LogP contribution in [0.15, 0.2) is 24.3 Å². The molecule has 5 nitrogen and oxygen atoms in total. The van der Waals surface area contributed by atoms with E-state index in [9.17, 15) is 4.79 Å². The highest BCUT2D eigenvalue weighted by Gasteiger charge is 2.16. The van der Waals surface area contributed by atoms with Crippen molar-refractivity contribution in [1.29, 1.82) is 0 Å². The zero-order valence-electron chi connectivity index (χ0n) is 14.3. The summed E-state index contributed by atoms with van der Waals surface area (Å²) in [7, 11) is 0. The van der Waals surface area contributed by atoms with E-state index in [1.165, 1.54) is 0 Å². The zero-order valence-corrected chi connectivity index (χ0v) is 14.3. The van der Waals surface area contributed by atoms with Crippen LogP contribution in [-0.4, -0.2) is 24.8 Å². The van der Waals surface area contributed by atoms with E-state index >= 15 is 0 Å². The van der Waals surface area contributed by atoms with Crippen molar-refractivity contribution in [2.45, 2.75) is 40.2 Å².